The third-order valence-corrected chi connectivity index (χ3v) is 4.54. The summed E-state index contributed by atoms with van der Waals surface area (Å²) in [6.45, 7) is 6.41. The van der Waals surface area contributed by atoms with Crippen LogP contribution in [0.1, 0.15) is 25.8 Å². The Bertz CT molecular complexity index is 516. The van der Waals surface area contributed by atoms with Crippen molar-refractivity contribution in [3.05, 3.63) is 29.3 Å². The Balaban J connectivity index is 1.90. The second-order valence-corrected chi connectivity index (χ2v) is 7.07. The number of hydrogen-bond acceptors (Lipinski definition) is 4. The highest BCUT2D eigenvalue weighted by molar-refractivity contribution is 7.13. The number of hydrogen-bond donors (Lipinski definition) is 2. The van der Waals surface area contributed by atoms with Crippen LogP contribution in [-0.2, 0) is 6.54 Å². The van der Waals surface area contributed by atoms with Gasteiger partial charge >= 0.3 is 0 Å². The number of thiophene rings is 1. The maximum absolute atomic E-state index is 4.19. The van der Waals surface area contributed by atoms with E-state index in [1.165, 1.54) is 16.9 Å². The fourth-order valence-electron chi connectivity index (χ4n) is 2.47. The van der Waals surface area contributed by atoms with Crippen LogP contribution in [0.15, 0.2) is 23.7 Å². The first-order valence-electron chi connectivity index (χ1n) is 7.51. The summed E-state index contributed by atoms with van der Waals surface area (Å²) in [6, 6.07) is 4.77. The van der Waals surface area contributed by atoms with E-state index in [1.807, 2.05) is 6.20 Å². The molecule has 0 radical (unpaired) electrons. The molecule has 0 saturated carbocycles. The predicted molar refractivity (Wildman–Crippen MR) is 90.5 cm³/mol. The molecule has 2 rings (SSSR count). The molecule has 21 heavy (non-hydrogen) atoms. The van der Waals surface area contributed by atoms with E-state index in [9.17, 15) is 0 Å². The highest BCUT2D eigenvalue weighted by Crippen LogP contribution is 2.25. The van der Waals surface area contributed by atoms with Crippen LogP contribution in [-0.4, -0.2) is 41.8 Å². The number of rotatable bonds is 8. The lowest BCUT2D eigenvalue weighted by molar-refractivity contribution is 0.247. The molecule has 0 saturated heterocycles. The van der Waals surface area contributed by atoms with Crippen molar-refractivity contribution in [2.45, 2.75) is 32.9 Å². The van der Waals surface area contributed by atoms with Crippen molar-refractivity contribution in [1.82, 2.24) is 20.4 Å². The van der Waals surface area contributed by atoms with Crippen LogP contribution < -0.4 is 5.32 Å². The Kier molecular flexibility index (Phi) is 5.96. The highest BCUT2D eigenvalue weighted by atomic mass is 32.1. The third-order valence-electron chi connectivity index (χ3n) is 3.65. The van der Waals surface area contributed by atoms with E-state index in [2.05, 4.69) is 65.9 Å². The molecule has 2 aromatic heterocycles. The van der Waals surface area contributed by atoms with Gasteiger partial charge in [0.15, 0.2) is 0 Å². The summed E-state index contributed by atoms with van der Waals surface area (Å²) in [4.78, 5) is 3.55. The molecule has 116 valence electrons. The molecule has 0 spiro atoms. The summed E-state index contributed by atoms with van der Waals surface area (Å²) in [7, 11) is 4.31. The van der Waals surface area contributed by atoms with Crippen LogP contribution in [0.25, 0.3) is 10.6 Å². The quantitative estimate of drug-likeness (QED) is 0.787. The fourth-order valence-corrected chi connectivity index (χ4v) is 3.23. The van der Waals surface area contributed by atoms with E-state index in [4.69, 9.17) is 0 Å². The van der Waals surface area contributed by atoms with Gasteiger partial charge in [0, 0.05) is 24.7 Å². The average molecular weight is 306 g/mol. The molecule has 0 aliphatic carbocycles. The van der Waals surface area contributed by atoms with Crippen molar-refractivity contribution in [2.75, 3.05) is 20.6 Å². The standard InChI is InChI=1S/C16H26N4S/c1-12(2)8-14(20(3)4)11-17-9-13-10-18-19-16(13)15-6-5-7-21-15/h5-7,10,12,14,17H,8-9,11H2,1-4H3,(H,18,19). The number of H-pyrrole nitrogens is 1. The van der Waals surface area contributed by atoms with Gasteiger partial charge in [-0.05, 0) is 37.9 Å². The van der Waals surface area contributed by atoms with Crippen LogP contribution in [0.4, 0.5) is 0 Å². The summed E-state index contributed by atoms with van der Waals surface area (Å²) >= 11 is 1.74. The van der Waals surface area contributed by atoms with Crippen LogP contribution in [0.2, 0.25) is 0 Å². The van der Waals surface area contributed by atoms with E-state index in [0.29, 0.717) is 6.04 Å². The van der Waals surface area contributed by atoms with Crippen molar-refractivity contribution in [3.8, 4) is 10.6 Å². The Morgan fingerprint density at radius 2 is 2.19 bits per heavy atom. The van der Waals surface area contributed by atoms with Crippen molar-refractivity contribution in [2.24, 2.45) is 5.92 Å². The van der Waals surface area contributed by atoms with Gasteiger partial charge < -0.3 is 10.2 Å². The minimum Gasteiger partial charge on any atom is -0.311 e. The lowest BCUT2D eigenvalue weighted by Crippen LogP contribution is -2.38. The molecule has 0 aliphatic heterocycles. The summed E-state index contributed by atoms with van der Waals surface area (Å²) in [5, 5.41) is 13.0. The van der Waals surface area contributed by atoms with Crippen LogP contribution in [0.5, 0.6) is 0 Å². The molecule has 1 atom stereocenters. The molecule has 2 heterocycles. The van der Waals surface area contributed by atoms with Crippen molar-refractivity contribution in [1.29, 1.82) is 0 Å². The summed E-state index contributed by atoms with van der Waals surface area (Å²) in [5.41, 5.74) is 2.38. The van der Waals surface area contributed by atoms with Gasteiger partial charge in [0.1, 0.15) is 0 Å². The molecule has 0 aliphatic rings. The van der Waals surface area contributed by atoms with Crippen LogP contribution in [0.3, 0.4) is 0 Å². The van der Waals surface area contributed by atoms with Gasteiger partial charge in [-0.2, -0.15) is 5.10 Å². The van der Waals surface area contributed by atoms with Crippen LogP contribution in [0, 0.1) is 5.92 Å². The zero-order chi connectivity index (χ0) is 15.2. The maximum Gasteiger partial charge on any atom is 0.0794 e. The molecule has 1 unspecified atom stereocenters. The maximum atomic E-state index is 4.19. The first-order chi connectivity index (χ1) is 10.1. The summed E-state index contributed by atoms with van der Waals surface area (Å²) in [6.07, 6.45) is 3.14. The first kappa shape index (κ1) is 16.2. The molecule has 0 bridgehead atoms. The smallest absolute Gasteiger partial charge is 0.0794 e. The van der Waals surface area contributed by atoms with Gasteiger partial charge in [-0.15, -0.1) is 11.3 Å². The first-order valence-corrected chi connectivity index (χ1v) is 8.39. The largest absolute Gasteiger partial charge is 0.311 e. The van der Waals surface area contributed by atoms with E-state index in [0.717, 1.165) is 24.7 Å². The minimum atomic E-state index is 0.571. The normalized spacial score (nSPS) is 13.2. The number of likely N-dealkylation sites (N-methyl/N-ethyl adjacent to an activating group) is 1. The van der Waals surface area contributed by atoms with Gasteiger partial charge in [0.05, 0.1) is 16.8 Å². The third kappa shape index (κ3) is 4.66. The second kappa shape index (κ2) is 7.73. The molecule has 2 N–H and O–H groups in total. The van der Waals surface area contributed by atoms with Gasteiger partial charge in [-0.3, -0.25) is 5.10 Å². The fraction of sp³-hybridized carbons (Fsp3) is 0.562. The van der Waals surface area contributed by atoms with E-state index in [-0.39, 0.29) is 0 Å². The Morgan fingerprint density at radius 3 is 2.81 bits per heavy atom. The van der Waals surface area contributed by atoms with Crippen molar-refractivity contribution in [3.63, 3.8) is 0 Å². The molecular weight excluding hydrogens is 280 g/mol. The monoisotopic (exact) mass is 306 g/mol. The molecule has 4 nitrogen and oxygen atoms in total. The average Bonchev–Trinajstić information content (AvgIpc) is 3.07. The molecule has 0 amide bonds. The minimum absolute atomic E-state index is 0.571. The number of aromatic amines is 1. The zero-order valence-electron chi connectivity index (χ0n) is 13.4. The number of nitrogens with one attached hydrogen (secondary N) is 2. The Morgan fingerprint density at radius 1 is 1.38 bits per heavy atom. The van der Waals surface area contributed by atoms with Gasteiger partial charge in [-0.25, -0.2) is 0 Å². The summed E-state index contributed by atoms with van der Waals surface area (Å²) < 4.78 is 0. The van der Waals surface area contributed by atoms with Gasteiger partial charge in [0.2, 0.25) is 0 Å². The zero-order valence-corrected chi connectivity index (χ0v) is 14.2. The van der Waals surface area contributed by atoms with E-state index >= 15 is 0 Å². The SMILES string of the molecule is CC(C)CC(CNCc1cn[nH]c1-c1cccs1)N(C)C. The van der Waals surface area contributed by atoms with Gasteiger partial charge in [-0.1, -0.05) is 19.9 Å². The van der Waals surface area contributed by atoms with Crippen molar-refractivity contribution >= 4 is 11.3 Å². The van der Waals surface area contributed by atoms with Crippen molar-refractivity contribution < 1.29 is 0 Å². The molecule has 5 heteroatoms. The predicted octanol–water partition coefficient (Wildman–Crippen LogP) is 3.20. The van der Waals surface area contributed by atoms with Gasteiger partial charge in [0.25, 0.3) is 0 Å². The van der Waals surface area contributed by atoms with Crippen LogP contribution >= 0.6 is 11.3 Å². The highest BCUT2D eigenvalue weighted by Gasteiger charge is 2.14. The van der Waals surface area contributed by atoms with E-state index in [1.54, 1.807) is 11.3 Å². The van der Waals surface area contributed by atoms with E-state index < -0.39 is 0 Å². The number of aromatic nitrogens is 2. The summed E-state index contributed by atoms with van der Waals surface area (Å²) in [5.74, 6) is 0.717. The number of nitrogens with zero attached hydrogens (tertiary/aromatic N) is 2. The Hall–Kier alpha value is -1.17. The second-order valence-electron chi connectivity index (χ2n) is 6.13. The molecular formula is C16H26N4S. The topological polar surface area (TPSA) is 44.0 Å². The lowest BCUT2D eigenvalue weighted by atomic mass is 10.0. The molecule has 0 fully saturated rings. The lowest BCUT2D eigenvalue weighted by Gasteiger charge is -2.26. The Labute approximate surface area is 131 Å². The molecule has 0 aromatic carbocycles. The molecule has 2 aromatic rings.